The van der Waals surface area contributed by atoms with Crippen LogP contribution in [0.15, 0.2) is 42.9 Å². The van der Waals surface area contributed by atoms with E-state index in [1.54, 1.807) is 55.5 Å². The summed E-state index contributed by atoms with van der Waals surface area (Å²) in [4.78, 5) is 53.5. The molecule has 13 nitrogen and oxygen atoms in total. The Morgan fingerprint density at radius 2 is 1.83 bits per heavy atom. The molecule has 13 heteroatoms. The fourth-order valence-electron chi connectivity index (χ4n) is 4.76. The molecule has 2 aromatic heterocycles. The zero-order valence-corrected chi connectivity index (χ0v) is 23.6. The number of nitrogens with two attached hydrogens (primary N) is 1. The number of hydrogen-bond donors (Lipinski definition) is 1. The van der Waals surface area contributed by atoms with Crippen molar-refractivity contribution in [2.24, 2.45) is 0 Å². The maximum absolute atomic E-state index is 13.3. The number of nitrogens with zero attached hydrogens (tertiary/aromatic N) is 8. The molecule has 1 aliphatic rings. The Bertz CT molecular complexity index is 1430. The van der Waals surface area contributed by atoms with Crippen LogP contribution in [-0.4, -0.2) is 101 Å². The summed E-state index contributed by atoms with van der Waals surface area (Å²) in [5, 5.41) is 9.60. The number of carbonyl (C=O) groups is 3. The summed E-state index contributed by atoms with van der Waals surface area (Å²) < 4.78 is 6.81. The summed E-state index contributed by atoms with van der Waals surface area (Å²) in [5.74, 6) is 0.492. The van der Waals surface area contributed by atoms with Crippen LogP contribution in [0.3, 0.4) is 0 Å². The van der Waals surface area contributed by atoms with Gasteiger partial charge in [-0.05, 0) is 36.6 Å². The van der Waals surface area contributed by atoms with Crippen molar-refractivity contribution in [2.45, 2.75) is 31.9 Å². The summed E-state index contributed by atoms with van der Waals surface area (Å²) in [6.07, 6.45) is 4.15. The number of carbonyl (C=O) groups excluding carboxylic acids is 3. The van der Waals surface area contributed by atoms with E-state index in [4.69, 9.17) is 15.7 Å². The smallest absolute Gasteiger partial charge is 0.409 e. The number of amides is 3. The third-order valence-electron chi connectivity index (χ3n) is 7.28. The molecule has 0 saturated carbocycles. The van der Waals surface area contributed by atoms with E-state index >= 15 is 0 Å². The van der Waals surface area contributed by atoms with Gasteiger partial charge in [0.15, 0.2) is 5.65 Å². The maximum atomic E-state index is 13.3. The first-order valence-corrected chi connectivity index (χ1v) is 13.4. The predicted octanol–water partition coefficient (Wildman–Crippen LogP) is 2.52. The van der Waals surface area contributed by atoms with Crippen molar-refractivity contribution in [1.29, 1.82) is 5.26 Å². The van der Waals surface area contributed by atoms with Gasteiger partial charge in [0.2, 0.25) is 5.91 Å². The quantitative estimate of drug-likeness (QED) is 0.409. The fraction of sp³-hybridized carbons (Fsp3) is 0.429. The minimum absolute atomic E-state index is 0.0153. The van der Waals surface area contributed by atoms with Crippen molar-refractivity contribution < 1.29 is 19.1 Å². The van der Waals surface area contributed by atoms with Gasteiger partial charge >= 0.3 is 12.1 Å². The maximum Gasteiger partial charge on any atom is 0.409 e. The highest BCUT2D eigenvalue weighted by atomic mass is 16.6. The lowest BCUT2D eigenvalue weighted by Crippen LogP contribution is -2.49. The number of fused-ring (bicyclic) bond motifs is 1. The monoisotopic (exact) mass is 561 g/mol. The number of aromatic nitrogens is 3. The van der Waals surface area contributed by atoms with Crippen molar-refractivity contribution >= 4 is 40.6 Å². The van der Waals surface area contributed by atoms with Gasteiger partial charge in [0.05, 0.1) is 11.5 Å². The third kappa shape index (κ3) is 6.84. The Morgan fingerprint density at radius 1 is 1.10 bits per heavy atom. The summed E-state index contributed by atoms with van der Waals surface area (Å²) in [6, 6.07) is 10.5. The van der Waals surface area contributed by atoms with Gasteiger partial charge in [-0.2, -0.15) is 5.26 Å². The summed E-state index contributed by atoms with van der Waals surface area (Å²) >= 11 is 0. The lowest BCUT2D eigenvalue weighted by Gasteiger charge is -2.38. The van der Waals surface area contributed by atoms with Crippen LogP contribution in [0.2, 0.25) is 0 Å². The van der Waals surface area contributed by atoms with Crippen LogP contribution in [0.25, 0.3) is 11.0 Å². The standard InChI is InChI=1S/C28H35N9O4/c1-33(15-16-34(2)28(40)41-18-20-6-8-21(30)9-7-20)27(39)37-14-11-23-25(31-19-32-26(23)37)35(3)22-5-4-13-36(17-22)24(38)10-12-29/h6-9,11,14,19,22H,4-5,10,13,15-18,30H2,1-3H3/t22-/m1/s1. The minimum atomic E-state index is -0.495. The zero-order valence-electron chi connectivity index (χ0n) is 23.6. The Labute approximate surface area is 238 Å². The Morgan fingerprint density at radius 3 is 2.56 bits per heavy atom. The van der Waals surface area contributed by atoms with E-state index in [1.807, 2.05) is 18.0 Å². The highest BCUT2D eigenvalue weighted by Gasteiger charge is 2.28. The molecule has 1 saturated heterocycles. The van der Waals surface area contributed by atoms with Crippen LogP contribution in [0.1, 0.15) is 24.8 Å². The first kappa shape index (κ1) is 29.1. The number of anilines is 2. The van der Waals surface area contributed by atoms with Gasteiger partial charge in [-0.25, -0.2) is 19.6 Å². The first-order valence-electron chi connectivity index (χ1n) is 13.4. The molecule has 0 radical (unpaired) electrons. The van der Waals surface area contributed by atoms with E-state index in [0.29, 0.717) is 35.6 Å². The molecule has 1 fully saturated rings. The number of rotatable bonds is 8. The number of likely N-dealkylation sites (tertiary alicyclic amines) is 1. The summed E-state index contributed by atoms with van der Waals surface area (Å²) in [7, 11) is 5.19. The third-order valence-corrected chi connectivity index (χ3v) is 7.28. The number of likely N-dealkylation sites (N-methyl/N-ethyl adjacent to an activating group) is 3. The van der Waals surface area contributed by atoms with Gasteiger partial charge < -0.3 is 30.1 Å². The molecule has 0 unspecified atom stereocenters. The average Bonchev–Trinajstić information content (AvgIpc) is 3.43. The van der Waals surface area contributed by atoms with Gasteiger partial charge in [0, 0.05) is 65.2 Å². The molecule has 0 spiro atoms. The fourth-order valence-corrected chi connectivity index (χ4v) is 4.76. The molecule has 3 heterocycles. The highest BCUT2D eigenvalue weighted by Crippen LogP contribution is 2.27. The molecule has 2 N–H and O–H groups in total. The topological polar surface area (TPSA) is 154 Å². The Kier molecular flexibility index (Phi) is 9.23. The largest absolute Gasteiger partial charge is 0.445 e. The van der Waals surface area contributed by atoms with E-state index < -0.39 is 6.09 Å². The van der Waals surface area contributed by atoms with Gasteiger partial charge in [-0.1, -0.05) is 12.1 Å². The molecule has 3 amide bonds. The van der Waals surface area contributed by atoms with Crippen LogP contribution >= 0.6 is 0 Å². The van der Waals surface area contributed by atoms with Crippen LogP contribution in [-0.2, 0) is 16.1 Å². The molecule has 216 valence electrons. The number of ether oxygens (including phenoxy) is 1. The van der Waals surface area contributed by atoms with Crippen molar-refractivity contribution in [3.8, 4) is 6.07 Å². The lowest BCUT2D eigenvalue weighted by molar-refractivity contribution is -0.131. The number of nitriles is 1. The molecular formula is C28H35N9O4. The highest BCUT2D eigenvalue weighted by molar-refractivity contribution is 5.94. The van der Waals surface area contributed by atoms with Gasteiger partial charge in [-0.3, -0.25) is 9.36 Å². The second-order valence-corrected chi connectivity index (χ2v) is 10.1. The summed E-state index contributed by atoms with van der Waals surface area (Å²) in [6.45, 7) is 1.81. The van der Waals surface area contributed by atoms with Crippen LogP contribution in [0, 0.1) is 11.3 Å². The number of nitrogen functional groups attached to an aromatic ring is 1. The second-order valence-electron chi connectivity index (χ2n) is 10.1. The average molecular weight is 562 g/mol. The van der Waals surface area contributed by atoms with Gasteiger partial charge in [0.1, 0.15) is 25.2 Å². The Hall–Kier alpha value is -4.86. The van der Waals surface area contributed by atoms with E-state index in [2.05, 4.69) is 9.97 Å². The second kappa shape index (κ2) is 13.0. The van der Waals surface area contributed by atoms with Gasteiger partial charge in [0.25, 0.3) is 0 Å². The van der Waals surface area contributed by atoms with Crippen LogP contribution in [0.4, 0.5) is 21.1 Å². The van der Waals surface area contributed by atoms with Crippen LogP contribution < -0.4 is 10.6 Å². The molecular weight excluding hydrogens is 526 g/mol. The normalized spacial score (nSPS) is 14.8. The molecule has 41 heavy (non-hydrogen) atoms. The molecule has 0 aliphatic carbocycles. The van der Waals surface area contributed by atoms with E-state index in [0.717, 1.165) is 18.4 Å². The van der Waals surface area contributed by atoms with Crippen molar-refractivity contribution in [3.63, 3.8) is 0 Å². The molecule has 0 bridgehead atoms. The van der Waals surface area contributed by atoms with Crippen molar-refractivity contribution in [2.75, 3.05) is 58.0 Å². The molecule has 3 aromatic rings. The first-order chi connectivity index (χ1) is 19.7. The molecule has 4 rings (SSSR count). The van der Waals surface area contributed by atoms with E-state index in [9.17, 15) is 14.4 Å². The Balaban J connectivity index is 1.37. The minimum Gasteiger partial charge on any atom is -0.445 e. The van der Waals surface area contributed by atoms with Gasteiger partial charge in [-0.15, -0.1) is 0 Å². The number of hydrogen-bond acceptors (Lipinski definition) is 9. The lowest BCUT2D eigenvalue weighted by atomic mass is 10.0. The van der Waals surface area contributed by atoms with E-state index in [-0.39, 0.29) is 44.1 Å². The predicted molar refractivity (Wildman–Crippen MR) is 153 cm³/mol. The molecule has 1 atom stereocenters. The number of piperidine rings is 1. The number of benzene rings is 1. The summed E-state index contributed by atoms with van der Waals surface area (Å²) in [5.41, 5.74) is 7.61. The molecule has 1 aliphatic heterocycles. The van der Waals surface area contributed by atoms with E-state index in [1.165, 1.54) is 20.7 Å². The van der Waals surface area contributed by atoms with Crippen molar-refractivity contribution in [3.05, 3.63) is 48.4 Å². The SMILES string of the molecule is CN(CCN(C)C(=O)n1ccc2c(N(C)[C@@H]3CCCN(C(=O)CC#N)C3)ncnc21)C(=O)OCc1ccc(N)cc1. The zero-order chi connectivity index (χ0) is 29.5. The molecule has 1 aromatic carbocycles. The van der Waals surface area contributed by atoms with Crippen LogP contribution in [0.5, 0.6) is 0 Å². The van der Waals surface area contributed by atoms with Crippen molar-refractivity contribution in [1.82, 2.24) is 29.2 Å².